The Hall–Kier alpha value is -3.44. The zero-order chi connectivity index (χ0) is 23.5. The molecule has 1 aromatic heterocycles. The van der Waals surface area contributed by atoms with Gasteiger partial charge in [-0.05, 0) is 48.2 Å². The van der Waals surface area contributed by atoms with Crippen LogP contribution in [-0.4, -0.2) is 28.5 Å². The SMILES string of the molecule is O=C(CN1C(=O)S/C(=C\c2ccc(Sc3ccccc3)o2)C1=O)Nc1ccc(F)c(F)c1F. The minimum atomic E-state index is -1.75. The first kappa shape index (κ1) is 22.7. The molecule has 3 aromatic rings. The summed E-state index contributed by atoms with van der Waals surface area (Å²) >= 11 is 2.00. The largest absolute Gasteiger partial charge is 0.450 e. The van der Waals surface area contributed by atoms with Crippen molar-refractivity contribution in [1.29, 1.82) is 0 Å². The first-order valence-electron chi connectivity index (χ1n) is 9.33. The topological polar surface area (TPSA) is 79.6 Å². The number of furan rings is 1. The number of nitrogens with zero attached hydrogens (tertiary/aromatic N) is 1. The normalized spacial score (nSPS) is 14.9. The van der Waals surface area contributed by atoms with Gasteiger partial charge in [0.15, 0.2) is 22.5 Å². The molecule has 0 atom stereocenters. The fourth-order valence-corrected chi connectivity index (χ4v) is 4.41. The molecule has 0 bridgehead atoms. The molecule has 1 N–H and O–H groups in total. The van der Waals surface area contributed by atoms with Gasteiger partial charge in [0.25, 0.3) is 11.1 Å². The Kier molecular flexibility index (Phi) is 6.61. The van der Waals surface area contributed by atoms with E-state index in [1.807, 2.05) is 35.6 Å². The lowest BCUT2D eigenvalue weighted by atomic mass is 10.2. The molecule has 168 valence electrons. The summed E-state index contributed by atoms with van der Waals surface area (Å²) < 4.78 is 45.7. The van der Waals surface area contributed by atoms with Crippen molar-refractivity contribution in [2.45, 2.75) is 9.99 Å². The van der Waals surface area contributed by atoms with E-state index in [1.165, 1.54) is 17.8 Å². The number of hydrogen-bond donors (Lipinski definition) is 1. The van der Waals surface area contributed by atoms with E-state index < -0.39 is 46.7 Å². The van der Waals surface area contributed by atoms with E-state index in [0.717, 1.165) is 11.0 Å². The van der Waals surface area contributed by atoms with Crippen molar-refractivity contribution in [2.75, 3.05) is 11.9 Å². The Labute approximate surface area is 193 Å². The Bertz CT molecular complexity index is 1280. The van der Waals surface area contributed by atoms with Crippen LogP contribution in [0.3, 0.4) is 0 Å². The molecule has 0 spiro atoms. The van der Waals surface area contributed by atoms with Crippen molar-refractivity contribution >= 4 is 52.3 Å². The number of amides is 3. The molecule has 2 aromatic carbocycles. The number of rotatable bonds is 6. The highest BCUT2D eigenvalue weighted by Gasteiger charge is 2.36. The van der Waals surface area contributed by atoms with Gasteiger partial charge in [-0.15, -0.1) is 0 Å². The lowest BCUT2D eigenvalue weighted by Crippen LogP contribution is -2.36. The van der Waals surface area contributed by atoms with E-state index in [9.17, 15) is 27.6 Å². The maximum absolute atomic E-state index is 13.7. The molecule has 2 heterocycles. The molecular weight excluding hydrogens is 477 g/mol. The maximum atomic E-state index is 13.7. The molecule has 11 heteroatoms. The van der Waals surface area contributed by atoms with Crippen LogP contribution in [0.1, 0.15) is 5.76 Å². The summed E-state index contributed by atoms with van der Waals surface area (Å²) in [5, 5.41) is 1.89. The Morgan fingerprint density at radius 2 is 1.79 bits per heavy atom. The third-order valence-corrected chi connectivity index (χ3v) is 6.16. The molecule has 0 radical (unpaired) electrons. The van der Waals surface area contributed by atoms with Crippen LogP contribution >= 0.6 is 23.5 Å². The number of nitrogens with one attached hydrogen (secondary N) is 1. The van der Waals surface area contributed by atoms with Gasteiger partial charge in [0.1, 0.15) is 12.3 Å². The van der Waals surface area contributed by atoms with E-state index in [4.69, 9.17) is 4.42 Å². The fraction of sp³-hybridized carbons (Fsp3) is 0.0455. The Morgan fingerprint density at radius 1 is 1.03 bits per heavy atom. The molecule has 0 saturated carbocycles. The minimum absolute atomic E-state index is 0.0393. The van der Waals surface area contributed by atoms with Crippen molar-refractivity contribution < 1.29 is 32.0 Å². The summed E-state index contributed by atoms with van der Waals surface area (Å²) in [5.41, 5.74) is -0.611. The summed E-state index contributed by atoms with van der Waals surface area (Å²) in [7, 11) is 0. The predicted molar refractivity (Wildman–Crippen MR) is 117 cm³/mol. The molecule has 0 unspecified atom stereocenters. The highest BCUT2D eigenvalue weighted by molar-refractivity contribution is 8.18. The minimum Gasteiger partial charge on any atom is -0.450 e. The third kappa shape index (κ3) is 5.15. The van der Waals surface area contributed by atoms with E-state index in [2.05, 4.69) is 0 Å². The second-order valence-corrected chi connectivity index (χ2v) is 8.68. The molecule has 1 aliphatic heterocycles. The number of hydrogen-bond acceptors (Lipinski definition) is 6. The van der Waals surface area contributed by atoms with Gasteiger partial charge < -0.3 is 9.73 Å². The molecule has 4 rings (SSSR count). The van der Waals surface area contributed by atoms with E-state index in [1.54, 1.807) is 12.1 Å². The Morgan fingerprint density at radius 3 is 2.55 bits per heavy atom. The summed E-state index contributed by atoms with van der Waals surface area (Å²) in [5.74, 6) is -6.09. The monoisotopic (exact) mass is 490 g/mol. The van der Waals surface area contributed by atoms with Gasteiger partial charge >= 0.3 is 0 Å². The van der Waals surface area contributed by atoms with Gasteiger partial charge in [-0.25, -0.2) is 13.2 Å². The molecule has 1 saturated heterocycles. The van der Waals surface area contributed by atoms with E-state index >= 15 is 0 Å². The van der Waals surface area contributed by atoms with Crippen LogP contribution < -0.4 is 5.32 Å². The van der Waals surface area contributed by atoms with Gasteiger partial charge in [-0.1, -0.05) is 30.0 Å². The Balaban J connectivity index is 1.42. The van der Waals surface area contributed by atoms with E-state index in [-0.39, 0.29) is 4.91 Å². The zero-order valence-corrected chi connectivity index (χ0v) is 18.1. The highest BCUT2D eigenvalue weighted by Crippen LogP contribution is 2.34. The molecule has 1 aliphatic rings. The molecule has 3 amide bonds. The van der Waals surface area contributed by atoms with E-state index in [0.29, 0.717) is 33.6 Å². The molecular formula is C22H13F3N2O4S2. The van der Waals surface area contributed by atoms with Gasteiger partial charge in [-0.3, -0.25) is 19.3 Å². The average molecular weight is 490 g/mol. The fourth-order valence-electron chi connectivity index (χ4n) is 2.79. The summed E-state index contributed by atoms with van der Waals surface area (Å²) in [4.78, 5) is 38.6. The second kappa shape index (κ2) is 9.59. The van der Waals surface area contributed by atoms with Crippen LogP contribution in [0.5, 0.6) is 0 Å². The lowest BCUT2D eigenvalue weighted by Gasteiger charge is -2.13. The number of carbonyl (C=O) groups excluding carboxylic acids is 3. The number of carbonyl (C=O) groups is 3. The van der Waals surface area contributed by atoms with Gasteiger partial charge in [0.2, 0.25) is 5.91 Å². The number of benzene rings is 2. The van der Waals surface area contributed by atoms with Crippen LogP contribution in [0.25, 0.3) is 6.08 Å². The maximum Gasteiger partial charge on any atom is 0.294 e. The van der Waals surface area contributed by atoms with Crippen LogP contribution in [0.15, 0.2) is 73.9 Å². The van der Waals surface area contributed by atoms with Crippen LogP contribution in [0.2, 0.25) is 0 Å². The van der Waals surface area contributed by atoms with Crippen molar-refractivity contribution in [3.05, 3.63) is 82.7 Å². The van der Waals surface area contributed by atoms with Crippen LogP contribution in [0.4, 0.5) is 23.7 Å². The van der Waals surface area contributed by atoms with Crippen molar-refractivity contribution in [2.24, 2.45) is 0 Å². The average Bonchev–Trinajstić information content (AvgIpc) is 3.34. The summed E-state index contributed by atoms with van der Waals surface area (Å²) in [6.45, 7) is -0.728. The number of imide groups is 1. The smallest absolute Gasteiger partial charge is 0.294 e. The first-order valence-corrected chi connectivity index (χ1v) is 11.0. The number of anilines is 1. The summed E-state index contributed by atoms with van der Waals surface area (Å²) in [6, 6.07) is 14.3. The number of thioether (sulfide) groups is 1. The summed E-state index contributed by atoms with van der Waals surface area (Å²) in [6.07, 6.45) is 1.38. The third-order valence-electron chi connectivity index (χ3n) is 4.32. The predicted octanol–water partition coefficient (Wildman–Crippen LogP) is 5.52. The van der Waals surface area contributed by atoms with Crippen molar-refractivity contribution in [3.63, 3.8) is 0 Å². The van der Waals surface area contributed by atoms with Crippen molar-refractivity contribution in [1.82, 2.24) is 4.90 Å². The van der Waals surface area contributed by atoms with Gasteiger partial charge in [0, 0.05) is 11.0 Å². The van der Waals surface area contributed by atoms with Crippen molar-refractivity contribution in [3.8, 4) is 0 Å². The second-order valence-electron chi connectivity index (χ2n) is 6.61. The molecule has 1 fully saturated rings. The molecule has 0 aliphatic carbocycles. The lowest BCUT2D eigenvalue weighted by molar-refractivity contribution is -0.127. The highest BCUT2D eigenvalue weighted by atomic mass is 32.2. The molecule has 33 heavy (non-hydrogen) atoms. The quantitative estimate of drug-likeness (QED) is 0.362. The molecule has 6 nitrogen and oxygen atoms in total. The van der Waals surface area contributed by atoms with Crippen LogP contribution in [0, 0.1) is 17.5 Å². The van der Waals surface area contributed by atoms with Gasteiger partial charge in [0.05, 0.1) is 10.6 Å². The zero-order valence-electron chi connectivity index (χ0n) is 16.5. The number of halogens is 3. The van der Waals surface area contributed by atoms with Crippen LogP contribution in [-0.2, 0) is 9.59 Å². The standard InChI is InChI=1S/C22H13F3N2O4S2/c23-14-7-8-15(20(25)19(14)24)26-17(28)11-27-21(29)16(33-22(27)30)10-12-6-9-18(31-12)32-13-4-2-1-3-5-13/h1-10H,11H2,(H,26,28)/b16-10-. The van der Waals surface area contributed by atoms with Gasteiger partial charge in [-0.2, -0.15) is 0 Å². The first-order chi connectivity index (χ1) is 15.8.